The normalized spacial score (nSPS) is 14.0. The topological polar surface area (TPSA) is 62.3 Å². The molecular formula is C26H35N3O2S. The van der Waals surface area contributed by atoms with Crippen molar-refractivity contribution in [1.82, 2.24) is 15.2 Å². The van der Waals surface area contributed by atoms with Gasteiger partial charge in [-0.2, -0.15) is 0 Å². The third-order valence-electron chi connectivity index (χ3n) is 5.99. The van der Waals surface area contributed by atoms with Crippen molar-refractivity contribution >= 4 is 23.6 Å². The van der Waals surface area contributed by atoms with Gasteiger partial charge in [-0.25, -0.2) is 4.98 Å². The van der Waals surface area contributed by atoms with Crippen molar-refractivity contribution in [2.24, 2.45) is 0 Å². The first kappa shape index (κ1) is 24.3. The maximum absolute atomic E-state index is 12.4. The van der Waals surface area contributed by atoms with Crippen molar-refractivity contribution in [3.05, 3.63) is 58.3 Å². The lowest BCUT2D eigenvalue weighted by Crippen LogP contribution is -2.28. The van der Waals surface area contributed by atoms with E-state index in [0.717, 1.165) is 37.4 Å². The van der Waals surface area contributed by atoms with Gasteiger partial charge in [-0.1, -0.05) is 44.7 Å². The van der Waals surface area contributed by atoms with Gasteiger partial charge in [-0.05, 0) is 72.9 Å². The summed E-state index contributed by atoms with van der Waals surface area (Å²) in [5, 5.41) is 3.77. The number of nitrogens with zero attached hydrogens (tertiary/aromatic N) is 2. The summed E-state index contributed by atoms with van der Waals surface area (Å²) in [6.07, 6.45) is 4.59. The van der Waals surface area contributed by atoms with Crippen LogP contribution in [0.2, 0.25) is 0 Å². The first-order valence-corrected chi connectivity index (χ1v) is 12.4. The van der Waals surface area contributed by atoms with E-state index in [4.69, 9.17) is 0 Å². The molecule has 0 bridgehead atoms. The fourth-order valence-electron chi connectivity index (χ4n) is 4.03. The lowest BCUT2D eigenvalue weighted by Gasteiger charge is -2.22. The van der Waals surface area contributed by atoms with Gasteiger partial charge in [0.2, 0.25) is 5.91 Å². The molecule has 1 aromatic carbocycles. The Kier molecular flexibility index (Phi) is 7.99. The highest BCUT2D eigenvalue weighted by atomic mass is 32.2. The molecule has 0 radical (unpaired) electrons. The summed E-state index contributed by atoms with van der Waals surface area (Å²) in [5.41, 5.74) is 5.97. The number of hydrogen-bond donors (Lipinski definition) is 1. The molecule has 0 atom stereocenters. The molecule has 0 saturated carbocycles. The zero-order chi connectivity index (χ0) is 23.3. The second-order valence-corrected chi connectivity index (χ2v) is 10.6. The third kappa shape index (κ3) is 6.35. The van der Waals surface area contributed by atoms with E-state index in [1.807, 2.05) is 11.0 Å². The number of likely N-dealkylation sites (tertiary alicyclic amines) is 1. The van der Waals surface area contributed by atoms with Crippen LogP contribution in [0.1, 0.15) is 66.2 Å². The highest BCUT2D eigenvalue weighted by Gasteiger charge is 2.20. The first-order valence-electron chi connectivity index (χ1n) is 11.4. The van der Waals surface area contributed by atoms with E-state index in [-0.39, 0.29) is 17.2 Å². The minimum Gasteiger partial charge on any atom is -0.355 e. The average Bonchev–Trinajstić information content (AvgIpc) is 3.28. The summed E-state index contributed by atoms with van der Waals surface area (Å²) >= 11 is 1.39. The molecule has 5 nitrogen and oxygen atoms in total. The molecule has 1 N–H and O–H groups in total. The molecule has 172 valence electrons. The largest absolute Gasteiger partial charge is 0.355 e. The molecule has 1 saturated heterocycles. The number of carbonyl (C=O) groups is 2. The molecule has 2 amide bonds. The molecule has 6 heteroatoms. The summed E-state index contributed by atoms with van der Waals surface area (Å²) < 4.78 is 0. The Balaban J connectivity index is 1.45. The molecule has 1 aliphatic heterocycles. The molecule has 1 aromatic heterocycles. The van der Waals surface area contributed by atoms with Gasteiger partial charge in [0.25, 0.3) is 5.91 Å². The third-order valence-corrected chi connectivity index (χ3v) is 6.93. The summed E-state index contributed by atoms with van der Waals surface area (Å²) in [5.74, 6) is 0.355. The number of carbonyl (C=O) groups excluding carboxylic acids is 2. The van der Waals surface area contributed by atoms with Gasteiger partial charge < -0.3 is 10.2 Å². The van der Waals surface area contributed by atoms with Crippen molar-refractivity contribution in [3.8, 4) is 0 Å². The molecule has 2 heterocycles. The summed E-state index contributed by atoms with van der Waals surface area (Å²) in [7, 11) is 0. The van der Waals surface area contributed by atoms with E-state index in [1.54, 1.807) is 12.3 Å². The Morgan fingerprint density at radius 1 is 1.09 bits per heavy atom. The Bertz CT molecular complexity index is 935. The zero-order valence-electron chi connectivity index (χ0n) is 20.0. The second-order valence-electron chi connectivity index (χ2n) is 9.61. The monoisotopic (exact) mass is 453 g/mol. The number of hydrogen-bond acceptors (Lipinski definition) is 4. The van der Waals surface area contributed by atoms with E-state index in [9.17, 15) is 9.59 Å². The molecule has 0 spiro atoms. The predicted molar refractivity (Wildman–Crippen MR) is 131 cm³/mol. The maximum Gasteiger partial charge on any atom is 0.255 e. The van der Waals surface area contributed by atoms with Crippen LogP contribution in [0.4, 0.5) is 0 Å². The maximum atomic E-state index is 12.4. The Morgan fingerprint density at radius 3 is 2.31 bits per heavy atom. The van der Waals surface area contributed by atoms with E-state index in [1.165, 1.54) is 34.0 Å². The van der Waals surface area contributed by atoms with Crippen LogP contribution in [0.3, 0.4) is 0 Å². The SMILES string of the molecule is Cc1cc(C(C)(C)C)cc(C)c1CCNC(=O)CSc1ccc(C(=O)N2CCCC2)cn1. The molecular weight excluding hydrogens is 418 g/mol. The molecule has 0 unspecified atom stereocenters. The summed E-state index contributed by atoms with van der Waals surface area (Å²) in [4.78, 5) is 30.9. The van der Waals surface area contributed by atoms with Crippen LogP contribution in [-0.2, 0) is 16.6 Å². The van der Waals surface area contributed by atoms with Crippen LogP contribution in [0.5, 0.6) is 0 Å². The number of thioether (sulfide) groups is 1. The van der Waals surface area contributed by atoms with Gasteiger partial charge in [0.1, 0.15) is 0 Å². The van der Waals surface area contributed by atoms with Crippen LogP contribution < -0.4 is 5.32 Å². The molecule has 3 rings (SSSR count). The van der Waals surface area contributed by atoms with E-state index in [2.05, 4.69) is 57.1 Å². The minimum atomic E-state index is -0.00404. The Hall–Kier alpha value is -2.34. The van der Waals surface area contributed by atoms with Gasteiger partial charge >= 0.3 is 0 Å². The van der Waals surface area contributed by atoms with Gasteiger partial charge in [-0.3, -0.25) is 9.59 Å². The van der Waals surface area contributed by atoms with Gasteiger partial charge in [0, 0.05) is 25.8 Å². The van der Waals surface area contributed by atoms with Crippen molar-refractivity contribution in [1.29, 1.82) is 0 Å². The number of amides is 2. The lowest BCUT2D eigenvalue weighted by atomic mass is 9.83. The summed E-state index contributed by atoms with van der Waals surface area (Å²) in [6.45, 7) is 13.3. The second kappa shape index (κ2) is 10.5. The van der Waals surface area contributed by atoms with Crippen LogP contribution >= 0.6 is 11.8 Å². The van der Waals surface area contributed by atoms with E-state index in [0.29, 0.717) is 17.9 Å². The first-order chi connectivity index (χ1) is 15.1. The fraction of sp³-hybridized carbons (Fsp3) is 0.500. The van der Waals surface area contributed by atoms with Crippen molar-refractivity contribution in [2.45, 2.75) is 64.3 Å². The average molecular weight is 454 g/mol. The molecule has 1 fully saturated rings. The number of rotatable bonds is 7. The van der Waals surface area contributed by atoms with Crippen molar-refractivity contribution < 1.29 is 9.59 Å². The molecule has 2 aromatic rings. The predicted octanol–water partition coefficient (Wildman–Crippen LogP) is 4.68. The standard InChI is InChI=1S/C26H35N3O2S/c1-18-14-21(26(3,4)5)15-19(2)22(18)10-11-27-23(30)17-32-24-9-8-20(16-28-24)25(31)29-12-6-7-13-29/h8-9,14-16H,6-7,10-13,17H2,1-5H3,(H,27,30). The Morgan fingerprint density at radius 2 is 1.75 bits per heavy atom. The molecule has 0 aliphatic carbocycles. The number of pyridine rings is 1. The van der Waals surface area contributed by atoms with E-state index >= 15 is 0 Å². The smallest absolute Gasteiger partial charge is 0.255 e. The number of aromatic nitrogens is 1. The fourth-order valence-corrected chi connectivity index (χ4v) is 4.71. The Labute approximate surface area is 196 Å². The molecule has 32 heavy (non-hydrogen) atoms. The van der Waals surface area contributed by atoms with Crippen LogP contribution in [0.15, 0.2) is 35.5 Å². The minimum absolute atomic E-state index is 0.00404. The van der Waals surface area contributed by atoms with Gasteiger partial charge in [-0.15, -0.1) is 0 Å². The number of aryl methyl sites for hydroxylation is 2. The number of nitrogens with one attached hydrogen (secondary N) is 1. The quantitative estimate of drug-likeness (QED) is 0.618. The summed E-state index contributed by atoms with van der Waals surface area (Å²) in [6, 6.07) is 8.17. The van der Waals surface area contributed by atoms with Crippen LogP contribution in [0, 0.1) is 13.8 Å². The van der Waals surface area contributed by atoms with E-state index < -0.39 is 0 Å². The van der Waals surface area contributed by atoms with Crippen molar-refractivity contribution in [2.75, 3.05) is 25.4 Å². The molecule has 1 aliphatic rings. The van der Waals surface area contributed by atoms with Crippen molar-refractivity contribution in [3.63, 3.8) is 0 Å². The number of benzene rings is 1. The highest BCUT2D eigenvalue weighted by Crippen LogP contribution is 2.27. The zero-order valence-corrected chi connectivity index (χ0v) is 20.8. The van der Waals surface area contributed by atoms with Gasteiger partial charge in [0.15, 0.2) is 0 Å². The van der Waals surface area contributed by atoms with Crippen LogP contribution in [-0.4, -0.2) is 47.1 Å². The van der Waals surface area contributed by atoms with Gasteiger partial charge in [0.05, 0.1) is 16.3 Å². The highest BCUT2D eigenvalue weighted by molar-refractivity contribution is 7.99. The lowest BCUT2D eigenvalue weighted by molar-refractivity contribution is -0.118. The van der Waals surface area contributed by atoms with Crippen LogP contribution in [0.25, 0.3) is 0 Å².